The fraction of sp³-hybridized carbons (Fsp3) is 0.400. The zero-order valence-corrected chi connectivity index (χ0v) is 18.5. The number of para-hydroxylation sites is 1. The number of urea groups is 1. The molecule has 1 heterocycles. The van der Waals surface area contributed by atoms with Gasteiger partial charge in [0, 0.05) is 25.0 Å². The molecular formula is C25H29N3O4. The van der Waals surface area contributed by atoms with Gasteiger partial charge < -0.3 is 15.0 Å². The Hall–Kier alpha value is -3.35. The van der Waals surface area contributed by atoms with E-state index in [-0.39, 0.29) is 35.8 Å². The Morgan fingerprint density at radius 1 is 1.06 bits per heavy atom. The highest BCUT2D eigenvalue weighted by Gasteiger charge is 2.44. The molecule has 2 aromatic carbocycles. The van der Waals surface area contributed by atoms with Gasteiger partial charge in [-0.2, -0.15) is 0 Å². The molecule has 0 unspecified atom stereocenters. The van der Waals surface area contributed by atoms with Crippen molar-refractivity contribution in [3.63, 3.8) is 0 Å². The number of hydrogen-bond donors (Lipinski definition) is 1. The third-order valence-electron chi connectivity index (χ3n) is 6.78. The van der Waals surface area contributed by atoms with Crippen LogP contribution in [0.4, 0.5) is 4.79 Å². The minimum absolute atomic E-state index is 0.0956. The Balaban J connectivity index is 1.52. The van der Waals surface area contributed by atoms with Gasteiger partial charge in [-0.15, -0.1) is 0 Å². The van der Waals surface area contributed by atoms with Crippen molar-refractivity contribution in [2.45, 2.75) is 37.1 Å². The first-order valence-electron chi connectivity index (χ1n) is 11.0. The Morgan fingerprint density at radius 3 is 2.34 bits per heavy atom. The van der Waals surface area contributed by atoms with Gasteiger partial charge in [-0.1, -0.05) is 42.5 Å². The highest BCUT2D eigenvalue weighted by molar-refractivity contribution is 6.02. The van der Waals surface area contributed by atoms with Gasteiger partial charge in [-0.05, 0) is 43.4 Å². The summed E-state index contributed by atoms with van der Waals surface area (Å²) in [5.74, 6) is 0.239. The lowest BCUT2D eigenvalue weighted by Crippen LogP contribution is -2.49. The molecule has 7 heteroatoms. The number of imide groups is 1. The van der Waals surface area contributed by atoms with Crippen molar-refractivity contribution < 1.29 is 19.1 Å². The van der Waals surface area contributed by atoms with Crippen LogP contribution >= 0.6 is 0 Å². The van der Waals surface area contributed by atoms with E-state index < -0.39 is 0 Å². The molecule has 0 radical (unpaired) electrons. The van der Waals surface area contributed by atoms with Crippen molar-refractivity contribution in [1.29, 1.82) is 0 Å². The summed E-state index contributed by atoms with van der Waals surface area (Å²) in [5, 5.41) is 3.12. The molecule has 7 nitrogen and oxygen atoms in total. The van der Waals surface area contributed by atoms with Crippen LogP contribution in [-0.4, -0.2) is 60.9 Å². The monoisotopic (exact) mass is 435 g/mol. The molecule has 2 fully saturated rings. The van der Waals surface area contributed by atoms with E-state index in [1.807, 2.05) is 30.3 Å². The smallest absolute Gasteiger partial charge is 0.327 e. The molecule has 0 aromatic heterocycles. The van der Waals surface area contributed by atoms with Crippen LogP contribution in [0.3, 0.4) is 0 Å². The molecule has 32 heavy (non-hydrogen) atoms. The quantitative estimate of drug-likeness (QED) is 0.707. The Labute approximate surface area is 188 Å². The third-order valence-corrected chi connectivity index (χ3v) is 6.78. The third kappa shape index (κ3) is 4.07. The van der Waals surface area contributed by atoms with E-state index in [9.17, 15) is 14.4 Å². The molecule has 168 valence electrons. The maximum atomic E-state index is 12.9. The molecular weight excluding hydrogens is 406 g/mol. The van der Waals surface area contributed by atoms with E-state index in [2.05, 4.69) is 17.4 Å². The minimum Gasteiger partial charge on any atom is -0.496 e. The Morgan fingerprint density at radius 2 is 1.72 bits per heavy atom. The number of carbonyl (C=O) groups is 3. The Bertz CT molecular complexity index is 999. The van der Waals surface area contributed by atoms with Gasteiger partial charge in [-0.25, -0.2) is 4.79 Å². The van der Waals surface area contributed by atoms with Crippen molar-refractivity contribution in [3.05, 3.63) is 65.7 Å². The number of benzene rings is 2. The molecule has 4 amide bonds. The number of hydrogen-bond acceptors (Lipinski definition) is 4. The van der Waals surface area contributed by atoms with Gasteiger partial charge in [0.15, 0.2) is 0 Å². The van der Waals surface area contributed by atoms with E-state index in [1.54, 1.807) is 26.3 Å². The number of carbonyl (C=O) groups excluding carboxylic acids is 3. The molecule has 0 atom stereocenters. The summed E-state index contributed by atoms with van der Waals surface area (Å²) in [7, 11) is 3.21. The summed E-state index contributed by atoms with van der Waals surface area (Å²) in [6.45, 7) is 0.622. The summed E-state index contributed by atoms with van der Waals surface area (Å²) in [6, 6.07) is 17.0. The Kier molecular flexibility index (Phi) is 6.17. The number of likely N-dealkylation sites (N-methyl/N-ethyl adjacent to an activating group) is 1. The van der Waals surface area contributed by atoms with Crippen molar-refractivity contribution >= 4 is 17.8 Å². The minimum atomic E-state index is -0.257. The number of rotatable bonds is 6. The molecule has 0 bridgehead atoms. The van der Waals surface area contributed by atoms with Crippen molar-refractivity contribution in [3.8, 4) is 5.75 Å². The normalized spacial score (nSPS) is 23.4. The lowest BCUT2D eigenvalue weighted by atomic mass is 9.68. The summed E-state index contributed by atoms with van der Waals surface area (Å²) < 4.78 is 5.33. The first kappa shape index (κ1) is 21.9. The van der Waals surface area contributed by atoms with Gasteiger partial charge in [-0.3, -0.25) is 14.5 Å². The standard InChI is InChI=1S/C25H29N3O4/c1-27-16-22(29)28(24(27)31)19-12-14-25(15-13-19,18-8-4-3-5-9-18)17-26-23(30)20-10-6-7-11-21(20)32-2/h3-11,19H,12-17H2,1-2H3,(H,26,30). The number of methoxy groups -OCH3 is 1. The fourth-order valence-electron chi connectivity index (χ4n) is 4.95. The molecule has 1 saturated heterocycles. The number of nitrogens with one attached hydrogen (secondary N) is 1. The van der Waals surface area contributed by atoms with E-state index in [0.29, 0.717) is 30.7 Å². The van der Waals surface area contributed by atoms with Crippen LogP contribution < -0.4 is 10.1 Å². The zero-order valence-electron chi connectivity index (χ0n) is 18.5. The van der Waals surface area contributed by atoms with Gasteiger partial charge in [0.1, 0.15) is 12.3 Å². The predicted molar refractivity (Wildman–Crippen MR) is 121 cm³/mol. The SMILES string of the molecule is COc1ccccc1C(=O)NCC1(c2ccccc2)CCC(N2C(=O)CN(C)C2=O)CC1. The zero-order chi connectivity index (χ0) is 22.7. The molecule has 1 aliphatic heterocycles. The lowest BCUT2D eigenvalue weighted by molar-refractivity contribution is -0.127. The van der Waals surface area contributed by atoms with Crippen molar-refractivity contribution in [2.75, 3.05) is 27.2 Å². The van der Waals surface area contributed by atoms with E-state index in [1.165, 1.54) is 9.80 Å². The molecule has 1 aliphatic carbocycles. The highest BCUT2D eigenvalue weighted by Crippen LogP contribution is 2.41. The van der Waals surface area contributed by atoms with Crippen molar-refractivity contribution in [1.82, 2.24) is 15.1 Å². The largest absolute Gasteiger partial charge is 0.496 e. The average Bonchev–Trinajstić information content (AvgIpc) is 3.09. The van der Waals surface area contributed by atoms with Gasteiger partial charge in [0.2, 0.25) is 0 Å². The van der Waals surface area contributed by atoms with Crippen LogP contribution in [0.15, 0.2) is 54.6 Å². The van der Waals surface area contributed by atoms with Gasteiger partial charge >= 0.3 is 6.03 Å². The van der Waals surface area contributed by atoms with E-state index >= 15 is 0 Å². The summed E-state index contributed by atoms with van der Waals surface area (Å²) in [5.41, 5.74) is 1.41. The second-order valence-electron chi connectivity index (χ2n) is 8.66. The summed E-state index contributed by atoms with van der Waals surface area (Å²) in [4.78, 5) is 40.6. The first-order chi connectivity index (χ1) is 15.4. The van der Waals surface area contributed by atoms with Crippen LogP contribution in [0.1, 0.15) is 41.6 Å². The van der Waals surface area contributed by atoms with Gasteiger partial charge in [0.05, 0.1) is 12.7 Å². The first-order valence-corrected chi connectivity index (χ1v) is 11.0. The van der Waals surface area contributed by atoms with Crippen LogP contribution in [-0.2, 0) is 10.2 Å². The number of nitrogens with zero attached hydrogens (tertiary/aromatic N) is 2. The second kappa shape index (κ2) is 9.02. The maximum Gasteiger partial charge on any atom is 0.327 e. The molecule has 1 saturated carbocycles. The number of ether oxygens (including phenoxy) is 1. The van der Waals surface area contributed by atoms with Gasteiger partial charge in [0.25, 0.3) is 11.8 Å². The topological polar surface area (TPSA) is 79.0 Å². The molecule has 2 aliphatic rings. The van der Waals surface area contributed by atoms with Crippen LogP contribution in [0.2, 0.25) is 0 Å². The fourth-order valence-corrected chi connectivity index (χ4v) is 4.95. The van der Waals surface area contributed by atoms with E-state index in [4.69, 9.17) is 4.74 Å². The molecule has 1 N–H and O–H groups in total. The number of amides is 4. The predicted octanol–water partition coefficient (Wildman–Crippen LogP) is 3.20. The lowest BCUT2D eigenvalue weighted by Gasteiger charge is -2.42. The maximum absolute atomic E-state index is 12.9. The van der Waals surface area contributed by atoms with E-state index in [0.717, 1.165) is 18.4 Å². The summed E-state index contributed by atoms with van der Waals surface area (Å²) in [6.07, 6.45) is 2.97. The van der Waals surface area contributed by atoms with Crippen molar-refractivity contribution in [2.24, 2.45) is 0 Å². The highest BCUT2D eigenvalue weighted by atomic mass is 16.5. The summed E-state index contributed by atoms with van der Waals surface area (Å²) >= 11 is 0. The molecule has 4 rings (SSSR count). The van der Waals surface area contributed by atoms with Crippen LogP contribution in [0, 0.1) is 0 Å². The van der Waals surface area contributed by atoms with Crippen LogP contribution in [0.25, 0.3) is 0 Å². The second-order valence-corrected chi connectivity index (χ2v) is 8.66. The molecule has 0 spiro atoms. The van der Waals surface area contributed by atoms with Crippen LogP contribution in [0.5, 0.6) is 5.75 Å². The molecule has 2 aromatic rings. The average molecular weight is 436 g/mol.